The van der Waals surface area contributed by atoms with Crippen molar-refractivity contribution in [3.8, 4) is 0 Å². The molecule has 0 radical (unpaired) electrons. The maximum Gasteiger partial charge on any atom is 0.328 e. The van der Waals surface area contributed by atoms with Crippen molar-refractivity contribution in [1.82, 2.24) is 21.3 Å². The summed E-state index contributed by atoms with van der Waals surface area (Å²) in [5.74, 6) is -2.71. The summed E-state index contributed by atoms with van der Waals surface area (Å²) in [6.07, 6.45) is -0.119. The number of piperazine rings is 1. The van der Waals surface area contributed by atoms with Crippen LogP contribution in [0.5, 0.6) is 0 Å². The van der Waals surface area contributed by atoms with E-state index >= 15 is 0 Å². The molecular weight excluding hydrogens is 394 g/mol. The molecule has 1 heterocycles. The van der Waals surface area contributed by atoms with Crippen molar-refractivity contribution in [1.29, 1.82) is 0 Å². The molecular formula is C19H25N5O6. The molecule has 0 bridgehead atoms. The van der Waals surface area contributed by atoms with Crippen LogP contribution in [-0.4, -0.2) is 61.9 Å². The quantitative estimate of drug-likeness (QED) is 0.275. The number of hydrogen-bond donors (Lipinski definition) is 5. The molecule has 1 aliphatic heterocycles. The number of hydrogen-bond acceptors (Lipinski definition) is 7. The average Bonchev–Trinajstić information content (AvgIpc) is 2.74. The van der Waals surface area contributed by atoms with Gasteiger partial charge in [0.05, 0.1) is 26.6 Å². The lowest BCUT2D eigenvalue weighted by atomic mass is 10.0. The molecule has 6 N–H and O–H groups in total. The van der Waals surface area contributed by atoms with Gasteiger partial charge in [0.25, 0.3) is 0 Å². The zero-order chi connectivity index (χ0) is 22.1. The minimum absolute atomic E-state index is 0.136. The predicted molar refractivity (Wildman–Crippen MR) is 105 cm³/mol. The Morgan fingerprint density at radius 3 is 2.67 bits per heavy atom. The molecule has 2 atom stereocenters. The molecule has 11 nitrogen and oxygen atoms in total. The van der Waals surface area contributed by atoms with E-state index in [1.165, 1.54) is 7.11 Å². The van der Waals surface area contributed by atoms with Gasteiger partial charge >= 0.3 is 5.97 Å². The van der Waals surface area contributed by atoms with Crippen molar-refractivity contribution in [2.45, 2.75) is 31.5 Å². The number of rotatable bonds is 9. The van der Waals surface area contributed by atoms with E-state index in [0.717, 1.165) is 11.1 Å². The van der Waals surface area contributed by atoms with Crippen molar-refractivity contribution >= 4 is 29.6 Å². The third kappa shape index (κ3) is 6.85. The fraction of sp³-hybridized carbons (Fsp3) is 0.421. The minimum atomic E-state index is -0.994. The van der Waals surface area contributed by atoms with Crippen LogP contribution >= 0.6 is 0 Å². The molecule has 2 unspecified atom stereocenters. The van der Waals surface area contributed by atoms with E-state index in [1.54, 1.807) is 12.1 Å². The van der Waals surface area contributed by atoms with E-state index < -0.39 is 48.2 Å². The molecule has 1 aromatic rings. The molecule has 4 amide bonds. The fourth-order valence-corrected chi connectivity index (χ4v) is 2.88. The largest absolute Gasteiger partial charge is 0.467 e. The highest BCUT2D eigenvalue weighted by molar-refractivity contribution is 5.97. The normalized spacial score (nSPS) is 16.7. The molecule has 0 aromatic heterocycles. The molecule has 1 aromatic carbocycles. The van der Waals surface area contributed by atoms with E-state index in [4.69, 9.17) is 10.5 Å². The van der Waals surface area contributed by atoms with Gasteiger partial charge in [-0.2, -0.15) is 0 Å². The van der Waals surface area contributed by atoms with Crippen LogP contribution in [0.2, 0.25) is 0 Å². The van der Waals surface area contributed by atoms with Crippen LogP contribution in [0.3, 0.4) is 0 Å². The maximum atomic E-state index is 12.2. The minimum Gasteiger partial charge on any atom is -0.467 e. The topological polar surface area (TPSA) is 169 Å². The first-order chi connectivity index (χ1) is 14.3. The molecule has 1 saturated heterocycles. The molecule has 1 aliphatic rings. The molecule has 11 heteroatoms. The number of benzene rings is 1. The Morgan fingerprint density at radius 1 is 1.23 bits per heavy atom. The van der Waals surface area contributed by atoms with E-state index in [0.29, 0.717) is 6.54 Å². The van der Waals surface area contributed by atoms with Gasteiger partial charge in [-0.25, -0.2) is 4.79 Å². The first-order valence-corrected chi connectivity index (χ1v) is 9.31. The van der Waals surface area contributed by atoms with Gasteiger partial charge in [0, 0.05) is 13.0 Å². The van der Waals surface area contributed by atoms with Gasteiger partial charge in [-0.3, -0.25) is 19.2 Å². The Balaban J connectivity index is 1.87. The average molecular weight is 419 g/mol. The first kappa shape index (κ1) is 22.8. The van der Waals surface area contributed by atoms with Gasteiger partial charge in [-0.1, -0.05) is 24.3 Å². The zero-order valence-electron chi connectivity index (χ0n) is 16.5. The summed E-state index contributed by atoms with van der Waals surface area (Å²) in [7, 11) is 1.21. The Kier molecular flexibility index (Phi) is 8.29. The number of carbonyl (C=O) groups is 5. The molecule has 162 valence electrons. The van der Waals surface area contributed by atoms with Crippen LogP contribution in [0.4, 0.5) is 0 Å². The van der Waals surface area contributed by atoms with Gasteiger partial charge in [-0.15, -0.1) is 0 Å². The van der Waals surface area contributed by atoms with Gasteiger partial charge < -0.3 is 31.7 Å². The van der Waals surface area contributed by atoms with Crippen LogP contribution in [0, 0.1) is 0 Å². The Labute approximate surface area is 173 Å². The number of nitrogens with two attached hydrogens (primary N) is 1. The Bertz CT molecular complexity index is 827. The van der Waals surface area contributed by atoms with Crippen molar-refractivity contribution < 1.29 is 28.7 Å². The molecule has 0 aliphatic carbocycles. The van der Waals surface area contributed by atoms with Gasteiger partial charge in [0.2, 0.25) is 23.6 Å². The van der Waals surface area contributed by atoms with Crippen LogP contribution in [0.25, 0.3) is 0 Å². The lowest BCUT2D eigenvalue weighted by molar-refractivity contribution is -0.145. The van der Waals surface area contributed by atoms with Crippen LogP contribution < -0.4 is 27.0 Å². The van der Waals surface area contributed by atoms with Crippen molar-refractivity contribution in [2.24, 2.45) is 5.73 Å². The number of nitrogens with one attached hydrogen (secondary N) is 4. The van der Waals surface area contributed by atoms with Crippen molar-refractivity contribution in [3.05, 3.63) is 35.4 Å². The molecule has 0 spiro atoms. The lowest BCUT2D eigenvalue weighted by Gasteiger charge is -2.22. The van der Waals surface area contributed by atoms with Crippen LogP contribution in [0.1, 0.15) is 17.5 Å². The summed E-state index contributed by atoms with van der Waals surface area (Å²) in [5.41, 5.74) is 7.29. The fourth-order valence-electron chi connectivity index (χ4n) is 2.88. The second-order valence-corrected chi connectivity index (χ2v) is 6.69. The van der Waals surface area contributed by atoms with E-state index in [2.05, 4.69) is 21.3 Å². The maximum absolute atomic E-state index is 12.2. The van der Waals surface area contributed by atoms with E-state index in [-0.39, 0.29) is 19.4 Å². The first-order valence-electron chi connectivity index (χ1n) is 9.31. The van der Waals surface area contributed by atoms with Gasteiger partial charge in [0.1, 0.15) is 12.1 Å². The standard InChI is InChI=1S/C19H25N5O6/c1-30-19(29)14(6-11-3-2-4-12(5-11)8-20)24-16(26)9-21-15(25)7-13-18(28)22-10-17(27)23-13/h2-5,13-14H,6-10,20H2,1H3,(H,21,25)(H,22,28)(H,23,27)(H,24,26). The summed E-state index contributed by atoms with van der Waals surface area (Å²) in [6, 6.07) is 5.33. The molecule has 30 heavy (non-hydrogen) atoms. The Hall–Kier alpha value is -3.47. The van der Waals surface area contributed by atoms with Crippen LogP contribution in [-0.2, 0) is 41.7 Å². The number of esters is 1. The monoisotopic (exact) mass is 419 g/mol. The summed E-state index contributed by atoms with van der Waals surface area (Å²) >= 11 is 0. The van der Waals surface area contributed by atoms with Crippen molar-refractivity contribution in [2.75, 3.05) is 20.2 Å². The predicted octanol–water partition coefficient (Wildman–Crippen LogP) is -2.53. The zero-order valence-corrected chi connectivity index (χ0v) is 16.5. The highest BCUT2D eigenvalue weighted by atomic mass is 16.5. The van der Waals surface area contributed by atoms with Gasteiger partial charge in [-0.05, 0) is 11.1 Å². The van der Waals surface area contributed by atoms with E-state index in [1.807, 2.05) is 12.1 Å². The summed E-state index contributed by atoms with van der Waals surface area (Å²) in [4.78, 5) is 59.2. The van der Waals surface area contributed by atoms with Gasteiger partial charge in [0.15, 0.2) is 0 Å². The molecule has 0 saturated carbocycles. The third-order valence-corrected chi connectivity index (χ3v) is 4.40. The second kappa shape index (κ2) is 10.9. The number of carbonyl (C=O) groups excluding carboxylic acids is 5. The summed E-state index contributed by atoms with van der Waals surface area (Å²) in [5, 5.41) is 9.63. The number of amides is 4. The SMILES string of the molecule is COC(=O)C(Cc1cccc(CN)c1)NC(=O)CNC(=O)CC1NC(=O)CNC1=O. The summed E-state index contributed by atoms with van der Waals surface area (Å²) < 4.78 is 4.74. The molecule has 2 rings (SSSR count). The van der Waals surface area contributed by atoms with Crippen molar-refractivity contribution in [3.63, 3.8) is 0 Å². The highest BCUT2D eigenvalue weighted by Crippen LogP contribution is 2.08. The third-order valence-electron chi connectivity index (χ3n) is 4.40. The summed E-state index contributed by atoms with van der Waals surface area (Å²) in [6.45, 7) is -0.200. The highest BCUT2D eigenvalue weighted by Gasteiger charge is 2.28. The van der Waals surface area contributed by atoms with E-state index in [9.17, 15) is 24.0 Å². The van der Waals surface area contributed by atoms with Crippen LogP contribution in [0.15, 0.2) is 24.3 Å². The smallest absolute Gasteiger partial charge is 0.328 e. The number of ether oxygens (including phenoxy) is 1. The second-order valence-electron chi connectivity index (χ2n) is 6.69. The molecule has 1 fully saturated rings. The Morgan fingerprint density at radius 2 is 1.97 bits per heavy atom. The number of methoxy groups -OCH3 is 1. The lowest BCUT2D eigenvalue weighted by Crippen LogP contribution is -2.57.